The summed E-state index contributed by atoms with van der Waals surface area (Å²) in [6, 6.07) is 2.38. The fourth-order valence-corrected chi connectivity index (χ4v) is 1.42. The molecule has 0 amide bonds. The van der Waals surface area contributed by atoms with Crippen LogP contribution in [0.2, 0.25) is 0 Å². The van der Waals surface area contributed by atoms with Crippen LogP contribution in [0.25, 0.3) is 0 Å². The highest BCUT2D eigenvalue weighted by atomic mass is 16.4. The van der Waals surface area contributed by atoms with Crippen molar-refractivity contribution in [3.63, 3.8) is 0 Å². The van der Waals surface area contributed by atoms with Gasteiger partial charge in [-0.25, -0.2) is 0 Å². The van der Waals surface area contributed by atoms with E-state index < -0.39 is 0 Å². The second-order valence-electron chi connectivity index (χ2n) is 3.70. The highest BCUT2D eigenvalue weighted by Gasteiger charge is 2.05. The van der Waals surface area contributed by atoms with Crippen LogP contribution in [0.5, 0.6) is 0 Å². The molecule has 90 valence electrons. The zero-order valence-corrected chi connectivity index (χ0v) is 9.68. The third kappa shape index (κ3) is 3.01. The molecule has 0 aromatic carbocycles. The summed E-state index contributed by atoms with van der Waals surface area (Å²) < 4.78 is 5.36. The number of nitrogens with two attached hydrogens (primary N) is 1. The lowest BCUT2D eigenvalue weighted by Gasteiger charge is -2.04. The summed E-state index contributed by atoms with van der Waals surface area (Å²) in [5.41, 5.74) is 7.68. The summed E-state index contributed by atoms with van der Waals surface area (Å²) in [6.07, 6.45) is 4.19. The van der Waals surface area contributed by atoms with E-state index in [9.17, 15) is 0 Å². The minimum Gasteiger partial charge on any atom is -0.408 e. The van der Waals surface area contributed by atoms with Gasteiger partial charge in [0.25, 0.3) is 0 Å². The molecular formula is C11H15N5O. The number of anilines is 1. The van der Waals surface area contributed by atoms with E-state index in [-0.39, 0.29) is 0 Å². The fraction of sp³-hybridized carbons (Fsp3) is 0.364. The summed E-state index contributed by atoms with van der Waals surface area (Å²) in [4.78, 5) is 4.04. The van der Waals surface area contributed by atoms with Gasteiger partial charge in [-0.05, 0) is 24.1 Å². The Kier molecular flexibility index (Phi) is 3.66. The number of hydrogen-bond acceptors (Lipinski definition) is 6. The minimum absolute atomic E-state index is 0.421. The van der Waals surface area contributed by atoms with Gasteiger partial charge in [-0.2, -0.15) is 0 Å². The highest BCUT2D eigenvalue weighted by Crippen LogP contribution is 2.10. The third-order valence-corrected chi connectivity index (χ3v) is 2.39. The first-order valence-electron chi connectivity index (χ1n) is 5.45. The van der Waals surface area contributed by atoms with Crippen molar-refractivity contribution in [1.82, 2.24) is 15.2 Å². The molecule has 0 aliphatic rings. The first-order chi connectivity index (χ1) is 8.29. The van der Waals surface area contributed by atoms with Gasteiger partial charge in [-0.1, -0.05) is 5.10 Å². The lowest BCUT2D eigenvalue weighted by Crippen LogP contribution is -2.02. The number of aryl methyl sites for hydroxylation is 1. The number of nitrogens with one attached hydrogen (secondary N) is 1. The Hall–Kier alpha value is -1.95. The molecular weight excluding hydrogens is 218 g/mol. The van der Waals surface area contributed by atoms with Gasteiger partial charge in [0.05, 0.1) is 0 Å². The average Bonchev–Trinajstić information content (AvgIpc) is 2.76. The van der Waals surface area contributed by atoms with Gasteiger partial charge in [0.2, 0.25) is 5.89 Å². The monoisotopic (exact) mass is 233 g/mol. The molecule has 17 heavy (non-hydrogen) atoms. The molecule has 0 aliphatic heterocycles. The molecule has 0 atom stereocenters. The fourth-order valence-electron chi connectivity index (χ4n) is 1.42. The van der Waals surface area contributed by atoms with Crippen LogP contribution in [0.4, 0.5) is 6.01 Å². The summed E-state index contributed by atoms with van der Waals surface area (Å²) in [7, 11) is 0. The Morgan fingerprint density at radius 2 is 2.29 bits per heavy atom. The van der Waals surface area contributed by atoms with Crippen LogP contribution in [0, 0.1) is 6.92 Å². The Bertz CT molecular complexity index is 482. The standard InChI is InChI=1S/C11H15N5O/c1-8-6-13-5-3-9(8)7-14-11-16-15-10(17-11)2-4-12/h3,5-6H,2,4,7,12H2,1H3,(H,14,16). The summed E-state index contributed by atoms with van der Waals surface area (Å²) in [6.45, 7) is 3.15. The highest BCUT2D eigenvalue weighted by molar-refractivity contribution is 5.27. The maximum absolute atomic E-state index is 5.40. The Morgan fingerprint density at radius 3 is 3.06 bits per heavy atom. The van der Waals surface area contributed by atoms with E-state index >= 15 is 0 Å². The maximum Gasteiger partial charge on any atom is 0.315 e. The predicted molar refractivity (Wildman–Crippen MR) is 63.4 cm³/mol. The van der Waals surface area contributed by atoms with Crippen LogP contribution in [0.3, 0.4) is 0 Å². The smallest absolute Gasteiger partial charge is 0.315 e. The van der Waals surface area contributed by atoms with E-state index in [1.165, 1.54) is 0 Å². The lowest BCUT2D eigenvalue weighted by atomic mass is 10.2. The average molecular weight is 233 g/mol. The molecule has 2 aromatic rings. The van der Waals surface area contributed by atoms with E-state index in [2.05, 4.69) is 20.5 Å². The van der Waals surface area contributed by atoms with E-state index in [1.54, 1.807) is 6.20 Å². The summed E-state index contributed by atoms with van der Waals surface area (Å²) in [5.74, 6) is 0.557. The van der Waals surface area contributed by atoms with Crippen LogP contribution in [0.1, 0.15) is 17.0 Å². The van der Waals surface area contributed by atoms with Crippen molar-refractivity contribution >= 4 is 6.01 Å². The van der Waals surface area contributed by atoms with Crippen molar-refractivity contribution in [1.29, 1.82) is 0 Å². The number of rotatable bonds is 5. The SMILES string of the molecule is Cc1cnccc1CNc1nnc(CCN)o1. The van der Waals surface area contributed by atoms with Gasteiger partial charge < -0.3 is 15.5 Å². The minimum atomic E-state index is 0.421. The molecule has 6 heteroatoms. The summed E-state index contributed by atoms with van der Waals surface area (Å²) in [5, 5.41) is 10.8. The van der Waals surface area contributed by atoms with Gasteiger partial charge in [-0.3, -0.25) is 4.98 Å². The quantitative estimate of drug-likeness (QED) is 0.797. The van der Waals surface area contributed by atoms with Crippen LogP contribution >= 0.6 is 0 Å². The molecule has 3 N–H and O–H groups in total. The van der Waals surface area contributed by atoms with E-state index in [0.717, 1.165) is 11.1 Å². The van der Waals surface area contributed by atoms with Crippen LogP contribution in [-0.4, -0.2) is 21.7 Å². The van der Waals surface area contributed by atoms with Crippen molar-refractivity contribution in [3.05, 3.63) is 35.5 Å². The first kappa shape index (κ1) is 11.5. The van der Waals surface area contributed by atoms with Crippen LogP contribution in [-0.2, 0) is 13.0 Å². The Labute approximate surface area is 99.3 Å². The largest absolute Gasteiger partial charge is 0.408 e. The number of aromatic nitrogens is 3. The van der Waals surface area contributed by atoms with Crippen LogP contribution in [0.15, 0.2) is 22.9 Å². The number of nitrogens with zero attached hydrogens (tertiary/aromatic N) is 3. The molecule has 0 bridgehead atoms. The van der Waals surface area contributed by atoms with Crippen molar-refractivity contribution in [3.8, 4) is 0 Å². The topological polar surface area (TPSA) is 89.9 Å². The number of hydrogen-bond donors (Lipinski definition) is 2. The molecule has 0 saturated heterocycles. The van der Waals surface area contributed by atoms with E-state index in [4.69, 9.17) is 10.2 Å². The molecule has 2 rings (SSSR count). The second kappa shape index (κ2) is 5.40. The second-order valence-corrected chi connectivity index (χ2v) is 3.70. The van der Waals surface area contributed by atoms with E-state index in [0.29, 0.717) is 31.4 Å². The zero-order valence-electron chi connectivity index (χ0n) is 9.68. The molecule has 0 radical (unpaired) electrons. The molecule has 0 aliphatic carbocycles. The van der Waals surface area contributed by atoms with Crippen molar-refractivity contribution in [2.75, 3.05) is 11.9 Å². The third-order valence-electron chi connectivity index (χ3n) is 2.39. The predicted octanol–water partition coefficient (Wildman–Crippen LogP) is 0.886. The molecule has 0 fully saturated rings. The Morgan fingerprint density at radius 1 is 1.41 bits per heavy atom. The summed E-state index contributed by atoms with van der Waals surface area (Å²) >= 11 is 0. The van der Waals surface area contributed by atoms with Crippen molar-refractivity contribution in [2.45, 2.75) is 19.9 Å². The van der Waals surface area contributed by atoms with E-state index in [1.807, 2.05) is 19.2 Å². The first-order valence-corrected chi connectivity index (χ1v) is 5.45. The lowest BCUT2D eigenvalue weighted by molar-refractivity contribution is 0.505. The van der Waals surface area contributed by atoms with Gasteiger partial charge in [-0.15, -0.1) is 5.10 Å². The van der Waals surface area contributed by atoms with Gasteiger partial charge >= 0.3 is 6.01 Å². The molecule has 0 saturated carbocycles. The molecule has 0 unspecified atom stereocenters. The van der Waals surface area contributed by atoms with Gasteiger partial charge in [0, 0.05) is 31.9 Å². The normalized spacial score (nSPS) is 10.5. The van der Waals surface area contributed by atoms with Crippen molar-refractivity contribution < 1.29 is 4.42 Å². The van der Waals surface area contributed by atoms with Crippen molar-refractivity contribution in [2.24, 2.45) is 5.73 Å². The molecule has 2 aromatic heterocycles. The Balaban J connectivity index is 1.95. The van der Waals surface area contributed by atoms with Gasteiger partial charge in [0.1, 0.15) is 0 Å². The molecule has 0 spiro atoms. The zero-order chi connectivity index (χ0) is 12.1. The van der Waals surface area contributed by atoms with Gasteiger partial charge in [0.15, 0.2) is 0 Å². The number of pyridine rings is 1. The maximum atomic E-state index is 5.40. The molecule has 2 heterocycles. The van der Waals surface area contributed by atoms with Crippen LogP contribution < -0.4 is 11.1 Å². The molecule has 6 nitrogen and oxygen atoms in total.